The number of nitrogens with zero attached hydrogens (tertiary/aromatic N) is 11. The van der Waals surface area contributed by atoms with Crippen molar-refractivity contribution in [3.05, 3.63) is 288 Å². The summed E-state index contributed by atoms with van der Waals surface area (Å²) in [6.45, 7) is 1.20. The van der Waals surface area contributed by atoms with Crippen LogP contribution in [-0.2, 0) is 89.6 Å². The highest BCUT2D eigenvalue weighted by Gasteiger charge is 2.37. The molecule has 0 unspecified atom stereocenters. The second-order valence-corrected chi connectivity index (χ2v) is 38.0. The number of aromatic nitrogens is 5. The van der Waals surface area contributed by atoms with Crippen molar-refractivity contribution in [2.45, 2.75) is 122 Å². The number of rotatable bonds is 61. The number of aromatic amines is 5. The maximum Gasteiger partial charge on any atom is 0.243 e. The Labute approximate surface area is 864 Å². The number of unbranched alkanes of at least 4 members (excludes halogenated alkanes) is 4. The van der Waals surface area contributed by atoms with Gasteiger partial charge in [-0.05, 0) is 212 Å². The molecule has 3 atom stereocenters. The lowest BCUT2D eigenvalue weighted by molar-refractivity contribution is -0.151. The van der Waals surface area contributed by atoms with E-state index in [9.17, 15) is 14.4 Å². The molecule has 0 saturated heterocycles. The molecule has 8 aromatic carbocycles. The van der Waals surface area contributed by atoms with Gasteiger partial charge in [-0.2, -0.15) is 0 Å². The van der Waals surface area contributed by atoms with Crippen LogP contribution < -0.4 is 34.0 Å². The Morgan fingerprint density at radius 3 is 0.716 bits per heavy atom. The van der Waals surface area contributed by atoms with Gasteiger partial charge in [0.15, 0.2) is 0 Å². The molecular formula is C114H144N22O12. The first-order chi connectivity index (χ1) is 71.9. The number of H-pyrrole nitrogens is 5. The number of nitrogens with two attached hydrogens (primary N) is 5. The molecule has 12 amide bonds. The summed E-state index contributed by atoms with van der Waals surface area (Å²) in [5.41, 5.74) is 40.8. The first-order valence-corrected chi connectivity index (χ1v) is 51.7. The number of benzene rings is 8. The SMILES string of the molecule is C[C@@H](c1ccccc1)N(CC(=O)N(CCc1c[nH]c2ccccc12)CC(=O)N(CCCCN)CC(=O)N(CC(=O)N(CC(=O)N(CCCCN)CC(=O)N(CCc1c[nH]c2ccccc12)CC(=O)N(CCc1c[nH]c2ccccc12)CC(=O)N(CCCCN)CC(=O)N(CCc1c[nH]c2ccccc12)CC(=O)N(CCc1c[nH]c2ccccc12)CC(N)=O)[C@@H](C)c1ccccc1)[C@@H](C)c1ccccc1)C(=O)CNCCCCN. The van der Waals surface area contributed by atoms with Crippen LogP contribution >= 0.6 is 0 Å². The molecule has 782 valence electrons. The van der Waals surface area contributed by atoms with Gasteiger partial charge < -0.3 is 113 Å². The largest absolute Gasteiger partial charge is 0.368 e. The van der Waals surface area contributed by atoms with E-state index in [1.54, 1.807) is 26.0 Å². The van der Waals surface area contributed by atoms with Gasteiger partial charge in [-0.15, -0.1) is 0 Å². The van der Waals surface area contributed by atoms with Gasteiger partial charge >= 0.3 is 0 Å². The van der Waals surface area contributed by atoms with Crippen molar-refractivity contribution >= 4 is 125 Å². The summed E-state index contributed by atoms with van der Waals surface area (Å²) in [6, 6.07) is 63.8. The van der Waals surface area contributed by atoms with Gasteiger partial charge in [-0.1, -0.05) is 182 Å². The van der Waals surface area contributed by atoms with Gasteiger partial charge in [0.1, 0.15) is 19.6 Å². The Morgan fingerprint density at radius 1 is 0.243 bits per heavy atom. The van der Waals surface area contributed by atoms with Crippen molar-refractivity contribution in [3.63, 3.8) is 0 Å². The van der Waals surface area contributed by atoms with Crippen LogP contribution in [0.3, 0.4) is 0 Å². The third-order valence-electron chi connectivity index (χ3n) is 27.9. The summed E-state index contributed by atoms with van der Waals surface area (Å²) in [5.74, 6) is -7.18. The normalized spacial score (nSPS) is 12.0. The summed E-state index contributed by atoms with van der Waals surface area (Å²) in [6.07, 6.45) is 14.5. The van der Waals surface area contributed by atoms with Gasteiger partial charge in [0.2, 0.25) is 70.9 Å². The lowest BCUT2D eigenvalue weighted by Crippen LogP contribution is -2.53. The predicted octanol–water partition coefficient (Wildman–Crippen LogP) is 10.0. The fourth-order valence-corrected chi connectivity index (χ4v) is 19.1. The summed E-state index contributed by atoms with van der Waals surface area (Å²) in [4.78, 5) is 217. The smallest absolute Gasteiger partial charge is 0.243 e. The summed E-state index contributed by atoms with van der Waals surface area (Å²) >= 11 is 0. The summed E-state index contributed by atoms with van der Waals surface area (Å²) in [5, 5.41) is 7.77. The van der Waals surface area contributed by atoms with Crippen LogP contribution in [0.4, 0.5) is 0 Å². The van der Waals surface area contributed by atoms with Crippen LogP contribution in [0.25, 0.3) is 54.5 Å². The quantitative estimate of drug-likeness (QED) is 0.0158. The summed E-state index contributed by atoms with van der Waals surface area (Å²) in [7, 11) is 0. The van der Waals surface area contributed by atoms with E-state index in [-0.39, 0.29) is 104 Å². The molecule has 0 aliphatic carbocycles. The van der Waals surface area contributed by atoms with E-state index in [1.165, 1.54) is 53.9 Å². The molecule has 0 fully saturated rings. The molecule has 5 aromatic heterocycles. The van der Waals surface area contributed by atoms with Gasteiger partial charge in [0, 0.05) is 138 Å². The van der Waals surface area contributed by atoms with Crippen LogP contribution in [0.15, 0.2) is 243 Å². The minimum atomic E-state index is -0.861. The Balaban J connectivity index is 0.785. The van der Waals surface area contributed by atoms with E-state index in [2.05, 4.69) is 30.2 Å². The van der Waals surface area contributed by atoms with Gasteiger partial charge in [0.05, 0.1) is 77.0 Å². The van der Waals surface area contributed by atoms with E-state index < -0.39 is 155 Å². The van der Waals surface area contributed by atoms with Gasteiger partial charge in [-0.25, -0.2) is 0 Å². The molecule has 5 heterocycles. The molecule has 13 rings (SSSR count). The van der Waals surface area contributed by atoms with E-state index in [0.29, 0.717) is 75.6 Å². The zero-order valence-corrected chi connectivity index (χ0v) is 85.4. The Kier molecular flexibility index (Phi) is 41.7. The van der Waals surface area contributed by atoms with E-state index in [4.69, 9.17) is 28.7 Å². The highest BCUT2D eigenvalue weighted by Crippen LogP contribution is 2.30. The second kappa shape index (κ2) is 56.0. The average molecular weight is 2010 g/mol. The highest BCUT2D eigenvalue weighted by molar-refractivity contribution is 5.97. The number of primary amides is 1. The molecule has 0 radical (unpaired) electrons. The zero-order valence-electron chi connectivity index (χ0n) is 85.4. The van der Waals surface area contributed by atoms with E-state index >= 15 is 43.2 Å². The maximum atomic E-state index is 16.2. The van der Waals surface area contributed by atoms with E-state index in [0.717, 1.165) is 101 Å². The summed E-state index contributed by atoms with van der Waals surface area (Å²) < 4.78 is 0. The number of carbonyl (C=O) groups excluding carboxylic acids is 12. The molecule has 0 spiro atoms. The molecule has 34 heteroatoms. The Morgan fingerprint density at radius 2 is 0.453 bits per heavy atom. The minimum Gasteiger partial charge on any atom is -0.368 e. The van der Waals surface area contributed by atoms with Gasteiger partial charge in [-0.3, -0.25) is 57.5 Å². The van der Waals surface area contributed by atoms with Crippen LogP contribution in [0.2, 0.25) is 0 Å². The minimum absolute atomic E-state index is 0.0146. The standard InChI is InChI=1S/C114H144N22O12/c1-82(85-31-7-4-8-32-85)134(104(138)70-120-56-27-23-52-115)79-112(146)133(64-51-92-69-125-102-46-22-17-41-97(92)102)75-106(140)128(59-30-26-55-118)78-113(147)136(84(3)87-35-11-6-12-36-87)81-114(148)135(83(2)86-33-9-5-10-34-86)80-111(145)127(58-29-25-54-117)73-109(143)132(63-50-91-68-124-101-45-21-16-40-96(91)101)77-110(144)130(61-48-89-66-122-99-43-19-14-38-94(89)99)74-105(139)126(57-28-24-53-116)72-108(142)131(62-49-90-67-123-100-44-20-15-39-95(90)100)76-107(141)129(71-103(119)137)60-47-88-65-121-98-42-18-13-37-93(88)98/h4-22,31-46,65-69,82-84,120-125H,23-30,47-64,70-81,115-118H2,1-3H3,(H2,119,137)/t82-,83-,84-/m0/s1. The molecule has 0 bridgehead atoms. The molecule has 148 heavy (non-hydrogen) atoms. The molecule has 0 aliphatic rings. The molecule has 0 aliphatic heterocycles. The van der Waals surface area contributed by atoms with Crippen LogP contribution in [-0.4, -0.2) is 313 Å². The van der Waals surface area contributed by atoms with Gasteiger partial charge in [0.25, 0.3) is 0 Å². The maximum absolute atomic E-state index is 16.2. The lowest BCUT2D eigenvalue weighted by Gasteiger charge is -2.37. The molecule has 16 N–H and O–H groups in total. The topological polar surface area (TPSA) is 462 Å². The average Bonchev–Trinajstić information content (AvgIpc) is 1.68. The highest BCUT2D eigenvalue weighted by atomic mass is 16.2. The number of hydrogen-bond donors (Lipinski definition) is 11. The zero-order chi connectivity index (χ0) is 105. The second-order valence-electron chi connectivity index (χ2n) is 38.0. The lowest BCUT2D eigenvalue weighted by atomic mass is 10.1. The monoisotopic (exact) mass is 2010 g/mol. The van der Waals surface area contributed by atoms with Crippen LogP contribution in [0.5, 0.6) is 0 Å². The van der Waals surface area contributed by atoms with Crippen LogP contribution in [0, 0.1) is 0 Å². The number of hydrogen-bond acceptors (Lipinski definition) is 17. The van der Waals surface area contributed by atoms with E-state index in [1.807, 2.05) is 238 Å². The number of carbonyl (C=O) groups is 12. The van der Waals surface area contributed by atoms with Crippen molar-refractivity contribution in [2.24, 2.45) is 28.7 Å². The fraction of sp³-hybridized carbons (Fsp3) is 0.386. The molecule has 34 nitrogen and oxygen atoms in total. The number of fused-ring (bicyclic) bond motifs is 5. The number of amides is 12. The van der Waals surface area contributed by atoms with Crippen molar-refractivity contribution < 1.29 is 57.5 Å². The molecule has 0 saturated carbocycles. The first kappa shape index (κ1) is 110. The predicted molar refractivity (Wildman–Crippen MR) is 578 cm³/mol. The number of nitrogens with one attached hydrogen (secondary N) is 6. The molecule has 13 aromatic rings. The first-order valence-electron chi connectivity index (χ1n) is 51.7. The Bertz CT molecular complexity index is 6560. The van der Waals surface area contributed by atoms with Crippen molar-refractivity contribution in [1.29, 1.82) is 0 Å². The Hall–Kier alpha value is -15.1. The van der Waals surface area contributed by atoms with Crippen molar-refractivity contribution in [1.82, 2.24) is 84.1 Å². The third kappa shape index (κ3) is 30.8. The number of para-hydroxylation sites is 5. The fourth-order valence-electron chi connectivity index (χ4n) is 19.1. The molecular weight excluding hydrogens is 1870 g/mol. The van der Waals surface area contributed by atoms with Crippen molar-refractivity contribution in [3.8, 4) is 0 Å². The van der Waals surface area contributed by atoms with Crippen molar-refractivity contribution in [2.75, 3.05) is 164 Å². The third-order valence-corrected chi connectivity index (χ3v) is 27.9. The van der Waals surface area contributed by atoms with Crippen LogP contribution in [0.1, 0.15) is 135 Å².